The third kappa shape index (κ3) is 4.29. The second-order valence-corrected chi connectivity index (χ2v) is 5.51. The summed E-state index contributed by atoms with van der Waals surface area (Å²) in [5.41, 5.74) is 3.22. The summed E-state index contributed by atoms with van der Waals surface area (Å²) < 4.78 is 0. The van der Waals surface area contributed by atoms with Crippen molar-refractivity contribution in [1.82, 2.24) is 4.98 Å². The van der Waals surface area contributed by atoms with Crippen LogP contribution in [0.3, 0.4) is 0 Å². The number of aromatic nitrogens is 1. The number of benzene rings is 2. The average Bonchev–Trinajstić information content (AvgIpc) is 2.63. The number of Topliss-reactive ketones (excluding diaryl/α,β-unsaturated/α-hetero) is 1. The van der Waals surface area contributed by atoms with Crippen LogP contribution in [0, 0.1) is 0 Å². The zero-order chi connectivity index (χ0) is 17.6. The quantitative estimate of drug-likeness (QED) is 0.685. The molecule has 0 aliphatic carbocycles. The number of rotatable bonds is 5. The SMILES string of the molecule is CC(=O)c1ccc(NC(=O)c2cc(Nc3ccccc3)ccn2)cc1. The lowest BCUT2D eigenvalue weighted by molar-refractivity contribution is 0.101. The van der Waals surface area contributed by atoms with Crippen LogP contribution in [0.15, 0.2) is 72.9 Å². The molecule has 3 rings (SSSR count). The maximum Gasteiger partial charge on any atom is 0.274 e. The van der Waals surface area contributed by atoms with Gasteiger partial charge in [-0.2, -0.15) is 0 Å². The molecule has 25 heavy (non-hydrogen) atoms. The first-order valence-electron chi connectivity index (χ1n) is 7.82. The first kappa shape index (κ1) is 16.4. The zero-order valence-electron chi connectivity index (χ0n) is 13.7. The summed E-state index contributed by atoms with van der Waals surface area (Å²) in [5, 5.41) is 6.00. The standard InChI is InChI=1S/C20H17N3O2/c1-14(24)15-7-9-17(10-8-15)23-20(25)19-13-18(11-12-21-19)22-16-5-3-2-4-6-16/h2-13H,1H3,(H,21,22)(H,23,25). The van der Waals surface area contributed by atoms with E-state index in [1.165, 1.54) is 6.92 Å². The monoisotopic (exact) mass is 331 g/mol. The second kappa shape index (κ2) is 7.40. The van der Waals surface area contributed by atoms with E-state index in [2.05, 4.69) is 15.6 Å². The van der Waals surface area contributed by atoms with Gasteiger partial charge in [-0.1, -0.05) is 18.2 Å². The Morgan fingerprint density at radius 1 is 0.840 bits per heavy atom. The molecule has 0 spiro atoms. The van der Waals surface area contributed by atoms with E-state index in [1.807, 2.05) is 30.3 Å². The highest BCUT2D eigenvalue weighted by Crippen LogP contribution is 2.17. The summed E-state index contributed by atoms with van der Waals surface area (Å²) in [4.78, 5) is 27.8. The maximum absolute atomic E-state index is 12.4. The number of ketones is 1. The van der Waals surface area contributed by atoms with Crippen molar-refractivity contribution in [3.63, 3.8) is 0 Å². The van der Waals surface area contributed by atoms with Gasteiger partial charge in [0.2, 0.25) is 0 Å². The number of carbonyl (C=O) groups excluding carboxylic acids is 2. The lowest BCUT2D eigenvalue weighted by atomic mass is 10.1. The van der Waals surface area contributed by atoms with Gasteiger partial charge < -0.3 is 10.6 Å². The Morgan fingerprint density at radius 3 is 2.24 bits per heavy atom. The van der Waals surface area contributed by atoms with Crippen molar-refractivity contribution in [2.24, 2.45) is 0 Å². The van der Waals surface area contributed by atoms with Gasteiger partial charge in [0, 0.05) is 28.8 Å². The molecule has 0 unspecified atom stereocenters. The van der Waals surface area contributed by atoms with Crippen molar-refractivity contribution in [2.75, 3.05) is 10.6 Å². The van der Waals surface area contributed by atoms with Crippen LogP contribution >= 0.6 is 0 Å². The van der Waals surface area contributed by atoms with Gasteiger partial charge in [-0.05, 0) is 55.5 Å². The van der Waals surface area contributed by atoms with Crippen molar-refractivity contribution in [3.05, 3.63) is 84.2 Å². The van der Waals surface area contributed by atoms with Crippen LogP contribution in [0.25, 0.3) is 0 Å². The van der Waals surface area contributed by atoms with Crippen LogP contribution < -0.4 is 10.6 Å². The minimum absolute atomic E-state index is 0.0146. The van der Waals surface area contributed by atoms with Crippen LogP contribution in [-0.4, -0.2) is 16.7 Å². The van der Waals surface area contributed by atoms with Crippen molar-refractivity contribution in [1.29, 1.82) is 0 Å². The van der Waals surface area contributed by atoms with Crippen LogP contribution in [0.1, 0.15) is 27.8 Å². The molecule has 1 aromatic heterocycles. The summed E-state index contributed by atoms with van der Waals surface area (Å²) in [5.74, 6) is -0.327. The summed E-state index contributed by atoms with van der Waals surface area (Å²) in [7, 11) is 0. The van der Waals surface area contributed by atoms with E-state index in [1.54, 1.807) is 42.6 Å². The van der Waals surface area contributed by atoms with Gasteiger partial charge >= 0.3 is 0 Å². The van der Waals surface area contributed by atoms with Gasteiger partial charge in [-0.15, -0.1) is 0 Å². The topological polar surface area (TPSA) is 71.1 Å². The molecule has 0 aliphatic heterocycles. The molecule has 0 aliphatic rings. The highest BCUT2D eigenvalue weighted by molar-refractivity contribution is 6.03. The van der Waals surface area contributed by atoms with Gasteiger partial charge in [-0.25, -0.2) is 0 Å². The highest BCUT2D eigenvalue weighted by Gasteiger charge is 2.09. The first-order valence-corrected chi connectivity index (χ1v) is 7.82. The molecule has 124 valence electrons. The lowest BCUT2D eigenvalue weighted by Crippen LogP contribution is -2.13. The molecule has 1 heterocycles. The van der Waals surface area contributed by atoms with Crippen molar-refractivity contribution in [3.8, 4) is 0 Å². The van der Waals surface area contributed by atoms with Crippen molar-refractivity contribution in [2.45, 2.75) is 6.92 Å². The molecule has 0 radical (unpaired) electrons. The summed E-state index contributed by atoms with van der Waals surface area (Å²) in [6, 6.07) is 19.9. The summed E-state index contributed by atoms with van der Waals surface area (Å²) >= 11 is 0. The minimum Gasteiger partial charge on any atom is -0.355 e. The smallest absolute Gasteiger partial charge is 0.274 e. The number of para-hydroxylation sites is 1. The number of nitrogens with zero attached hydrogens (tertiary/aromatic N) is 1. The fraction of sp³-hybridized carbons (Fsp3) is 0.0500. The Hall–Kier alpha value is -3.47. The molecule has 3 aromatic rings. The third-order valence-electron chi connectivity index (χ3n) is 3.60. The Bertz CT molecular complexity index is 890. The molecular formula is C20H17N3O2. The largest absolute Gasteiger partial charge is 0.355 e. The van der Waals surface area contributed by atoms with Gasteiger partial charge in [0.1, 0.15) is 5.69 Å². The lowest BCUT2D eigenvalue weighted by Gasteiger charge is -2.09. The van der Waals surface area contributed by atoms with Crippen molar-refractivity contribution >= 4 is 28.8 Å². The van der Waals surface area contributed by atoms with E-state index >= 15 is 0 Å². The number of hydrogen-bond acceptors (Lipinski definition) is 4. The van der Waals surface area contributed by atoms with E-state index in [9.17, 15) is 9.59 Å². The van der Waals surface area contributed by atoms with E-state index in [4.69, 9.17) is 0 Å². The number of anilines is 3. The number of pyridine rings is 1. The third-order valence-corrected chi connectivity index (χ3v) is 3.60. The Kier molecular flexibility index (Phi) is 4.85. The predicted octanol–water partition coefficient (Wildman–Crippen LogP) is 4.28. The molecule has 0 fully saturated rings. The molecule has 0 saturated carbocycles. The number of hydrogen-bond donors (Lipinski definition) is 2. The average molecular weight is 331 g/mol. The predicted molar refractivity (Wildman–Crippen MR) is 98.4 cm³/mol. The van der Waals surface area contributed by atoms with E-state index in [-0.39, 0.29) is 11.7 Å². The fourth-order valence-corrected chi connectivity index (χ4v) is 2.30. The zero-order valence-corrected chi connectivity index (χ0v) is 13.7. The molecular weight excluding hydrogens is 314 g/mol. The molecule has 5 nitrogen and oxygen atoms in total. The first-order chi connectivity index (χ1) is 12.1. The number of carbonyl (C=O) groups is 2. The summed E-state index contributed by atoms with van der Waals surface area (Å²) in [6.07, 6.45) is 1.58. The van der Waals surface area contributed by atoms with Crippen LogP contribution in [-0.2, 0) is 0 Å². The molecule has 0 bridgehead atoms. The Morgan fingerprint density at radius 2 is 1.56 bits per heavy atom. The normalized spacial score (nSPS) is 10.1. The summed E-state index contributed by atoms with van der Waals surface area (Å²) in [6.45, 7) is 1.50. The van der Waals surface area contributed by atoms with Crippen LogP contribution in [0.5, 0.6) is 0 Å². The molecule has 2 N–H and O–H groups in total. The van der Waals surface area contributed by atoms with Gasteiger partial charge in [0.25, 0.3) is 5.91 Å². The molecule has 1 amide bonds. The maximum atomic E-state index is 12.4. The Labute approximate surface area is 145 Å². The molecule has 0 atom stereocenters. The molecule has 0 saturated heterocycles. The van der Waals surface area contributed by atoms with Crippen molar-refractivity contribution < 1.29 is 9.59 Å². The Balaban J connectivity index is 1.71. The van der Waals surface area contributed by atoms with Crippen LogP contribution in [0.2, 0.25) is 0 Å². The fourth-order valence-electron chi connectivity index (χ4n) is 2.30. The van der Waals surface area contributed by atoms with E-state index in [0.717, 1.165) is 11.4 Å². The van der Waals surface area contributed by atoms with E-state index < -0.39 is 0 Å². The number of amides is 1. The minimum atomic E-state index is -0.313. The molecule has 2 aromatic carbocycles. The van der Waals surface area contributed by atoms with Gasteiger partial charge in [0.15, 0.2) is 5.78 Å². The number of nitrogens with one attached hydrogen (secondary N) is 2. The van der Waals surface area contributed by atoms with Crippen LogP contribution in [0.4, 0.5) is 17.1 Å². The molecule has 5 heteroatoms. The van der Waals surface area contributed by atoms with Gasteiger partial charge in [0.05, 0.1) is 0 Å². The van der Waals surface area contributed by atoms with Gasteiger partial charge in [-0.3, -0.25) is 14.6 Å². The van der Waals surface area contributed by atoms with E-state index in [0.29, 0.717) is 16.9 Å². The second-order valence-electron chi connectivity index (χ2n) is 5.51. The highest BCUT2D eigenvalue weighted by atomic mass is 16.2.